The van der Waals surface area contributed by atoms with Crippen LogP contribution in [0.25, 0.3) is 5.57 Å². The van der Waals surface area contributed by atoms with Crippen molar-refractivity contribution in [3.05, 3.63) is 76.5 Å². The second-order valence-corrected chi connectivity index (χ2v) is 4.81. The van der Waals surface area contributed by atoms with Crippen molar-refractivity contribution in [3.8, 4) is 0 Å². The molecule has 2 N–H and O–H groups in total. The first-order valence-corrected chi connectivity index (χ1v) is 6.35. The Labute approximate surface area is 116 Å². The molecule has 3 heteroatoms. The molecule has 0 saturated heterocycles. The van der Waals surface area contributed by atoms with E-state index in [1.54, 1.807) is 24.3 Å². The van der Waals surface area contributed by atoms with E-state index in [-0.39, 0.29) is 17.3 Å². The molecular formula is C17H13NO2. The number of rotatable bonds is 1. The first kappa shape index (κ1) is 12.4. The number of ketones is 2. The molecule has 0 saturated carbocycles. The van der Waals surface area contributed by atoms with Gasteiger partial charge in [0.25, 0.3) is 0 Å². The summed E-state index contributed by atoms with van der Waals surface area (Å²) in [6.45, 7) is 1.90. The van der Waals surface area contributed by atoms with Gasteiger partial charge in [-0.25, -0.2) is 0 Å². The molecule has 3 nitrogen and oxygen atoms in total. The van der Waals surface area contributed by atoms with E-state index in [9.17, 15) is 9.59 Å². The topological polar surface area (TPSA) is 60.2 Å². The van der Waals surface area contributed by atoms with Crippen LogP contribution in [-0.4, -0.2) is 11.6 Å². The van der Waals surface area contributed by atoms with Gasteiger partial charge in [0.2, 0.25) is 5.78 Å². The summed E-state index contributed by atoms with van der Waals surface area (Å²) in [6, 6.07) is 14.2. The van der Waals surface area contributed by atoms with Crippen LogP contribution in [0.2, 0.25) is 0 Å². The van der Waals surface area contributed by atoms with Gasteiger partial charge in [-0.05, 0) is 18.1 Å². The molecule has 0 radical (unpaired) electrons. The Morgan fingerprint density at radius 3 is 1.85 bits per heavy atom. The van der Waals surface area contributed by atoms with Crippen molar-refractivity contribution in [2.45, 2.75) is 6.92 Å². The third-order valence-corrected chi connectivity index (χ3v) is 3.57. The lowest BCUT2D eigenvalue weighted by molar-refractivity contribution is 0.0990. The highest BCUT2D eigenvalue weighted by atomic mass is 16.1. The Kier molecular flexibility index (Phi) is 2.75. The van der Waals surface area contributed by atoms with Crippen molar-refractivity contribution in [1.82, 2.24) is 0 Å². The fourth-order valence-electron chi connectivity index (χ4n) is 2.52. The monoisotopic (exact) mass is 263 g/mol. The SMILES string of the molecule is Cc1ccccc1C1=C(N)C(=O)c2ccccc2C1=O. The van der Waals surface area contributed by atoms with Crippen LogP contribution in [0, 0.1) is 6.92 Å². The van der Waals surface area contributed by atoms with Crippen LogP contribution in [-0.2, 0) is 0 Å². The highest BCUT2D eigenvalue weighted by Gasteiger charge is 2.31. The molecule has 0 atom stereocenters. The summed E-state index contributed by atoms with van der Waals surface area (Å²) in [5.41, 5.74) is 8.73. The van der Waals surface area contributed by atoms with Crippen molar-refractivity contribution in [2.24, 2.45) is 5.73 Å². The molecule has 0 bridgehead atoms. The van der Waals surface area contributed by atoms with E-state index < -0.39 is 0 Å². The zero-order valence-electron chi connectivity index (χ0n) is 11.0. The summed E-state index contributed by atoms with van der Waals surface area (Å²) in [4.78, 5) is 25.0. The van der Waals surface area contributed by atoms with Crippen molar-refractivity contribution in [2.75, 3.05) is 0 Å². The lowest BCUT2D eigenvalue weighted by Crippen LogP contribution is -2.26. The molecule has 0 spiro atoms. The smallest absolute Gasteiger partial charge is 0.210 e. The molecule has 0 aromatic heterocycles. The van der Waals surface area contributed by atoms with Crippen LogP contribution in [0.4, 0.5) is 0 Å². The minimum atomic E-state index is -0.279. The van der Waals surface area contributed by atoms with E-state index in [4.69, 9.17) is 5.73 Å². The summed E-state index contributed by atoms with van der Waals surface area (Å²) in [6.07, 6.45) is 0. The molecule has 0 amide bonds. The van der Waals surface area contributed by atoms with Crippen molar-refractivity contribution in [1.29, 1.82) is 0 Å². The molecular weight excluding hydrogens is 250 g/mol. The van der Waals surface area contributed by atoms with Crippen molar-refractivity contribution >= 4 is 17.1 Å². The van der Waals surface area contributed by atoms with Crippen LogP contribution in [0.15, 0.2) is 54.2 Å². The fraction of sp³-hybridized carbons (Fsp3) is 0.0588. The van der Waals surface area contributed by atoms with E-state index in [0.29, 0.717) is 16.7 Å². The number of nitrogens with two attached hydrogens (primary N) is 1. The average Bonchev–Trinajstić information content (AvgIpc) is 2.47. The van der Waals surface area contributed by atoms with Crippen LogP contribution in [0.1, 0.15) is 31.8 Å². The molecule has 2 aromatic carbocycles. The average molecular weight is 263 g/mol. The predicted molar refractivity (Wildman–Crippen MR) is 77.4 cm³/mol. The summed E-state index contributed by atoms with van der Waals surface area (Å²) < 4.78 is 0. The number of benzene rings is 2. The highest BCUT2D eigenvalue weighted by molar-refractivity contribution is 6.40. The number of allylic oxidation sites excluding steroid dienone is 2. The van der Waals surface area contributed by atoms with Gasteiger partial charge in [0, 0.05) is 11.1 Å². The second kappa shape index (κ2) is 4.46. The Bertz CT molecular complexity index is 772. The maximum absolute atomic E-state index is 12.6. The predicted octanol–water partition coefficient (Wildman–Crippen LogP) is 2.74. The zero-order valence-corrected chi connectivity index (χ0v) is 11.0. The summed E-state index contributed by atoms with van der Waals surface area (Å²) in [7, 11) is 0. The van der Waals surface area contributed by atoms with Crippen LogP contribution >= 0.6 is 0 Å². The Hall–Kier alpha value is -2.68. The third kappa shape index (κ3) is 1.67. The largest absolute Gasteiger partial charge is 0.395 e. The number of carbonyl (C=O) groups excluding carboxylic acids is 2. The summed E-state index contributed by atoms with van der Waals surface area (Å²) in [5, 5.41) is 0. The normalized spacial score (nSPS) is 14.4. The zero-order chi connectivity index (χ0) is 14.3. The van der Waals surface area contributed by atoms with Gasteiger partial charge >= 0.3 is 0 Å². The minimum absolute atomic E-state index is 0.0306. The van der Waals surface area contributed by atoms with Gasteiger partial charge in [-0.1, -0.05) is 48.5 Å². The molecule has 1 aliphatic carbocycles. The Morgan fingerprint density at radius 2 is 1.25 bits per heavy atom. The number of hydrogen-bond acceptors (Lipinski definition) is 3. The summed E-state index contributed by atoms with van der Waals surface area (Å²) in [5.74, 6) is -0.467. The highest BCUT2D eigenvalue weighted by Crippen LogP contribution is 2.31. The van der Waals surface area contributed by atoms with Gasteiger partial charge in [-0.15, -0.1) is 0 Å². The molecule has 98 valence electrons. The maximum Gasteiger partial charge on any atom is 0.210 e. The van der Waals surface area contributed by atoms with E-state index in [1.807, 2.05) is 31.2 Å². The number of hydrogen-bond donors (Lipinski definition) is 1. The number of Topliss-reactive ketones (excluding diaryl/α,β-unsaturated/α-hetero) is 2. The molecule has 2 aromatic rings. The molecule has 0 aliphatic heterocycles. The lowest BCUT2D eigenvalue weighted by Gasteiger charge is -2.19. The molecule has 0 heterocycles. The van der Waals surface area contributed by atoms with Gasteiger partial charge in [0.15, 0.2) is 5.78 Å². The number of fused-ring (bicyclic) bond motifs is 1. The minimum Gasteiger partial charge on any atom is -0.395 e. The van der Waals surface area contributed by atoms with Crippen LogP contribution < -0.4 is 5.73 Å². The maximum atomic E-state index is 12.6. The van der Waals surface area contributed by atoms with Gasteiger partial charge in [0.1, 0.15) is 0 Å². The van der Waals surface area contributed by atoms with Gasteiger partial charge < -0.3 is 5.73 Å². The van der Waals surface area contributed by atoms with Crippen LogP contribution in [0.3, 0.4) is 0 Å². The van der Waals surface area contributed by atoms with Crippen molar-refractivity contribution < 1.29 is 9.59 Å². The fourth-order valence-corrected chi connectivity index (χ4v) is 2.52. The first-order chi connectivity index (χ1) is 9.61. The van der Waals surface area contributed by atoms with E-state index >= 15 is 0 Å². The third-order valence-electron chi connectivity index (χ3n) is 3.57. The molecule has 3 rings (SSSR count). The Balaban J connectivity index is 2.28. The lowest BCUT2D eigenvalue weighted by atomic mass is 9.83. The van der Waals surface area contributed by atoms with Gasteiger partial charge in [-0.3, -0.25) is 9.59 Å². The van der Waals surface area contributed by atoms with Crippen molar-refractivity contribution in [3.63, 3.8) is 0 Å². The molecule has 0 fully saturated rings. The van der Waals surface area contributed by atoms with Gasteiger partial charge in [-0.2, -0.15) is 0 Å². The van der Waals surface area contributed by atoms with Crippen LogP contribution in [0.5, 0.6) is 0 Å². The molecule has 0 unspecified atom stereocenters. The first-order valence-electron chi connectivity index (χ1n) is 6.35. The van der Waals surface area contributed by atoms with E-state index in [0.717, 1.165) is 11.1 Å². The Morgan fingerprint density at radius 1 is 0.750 bits per heavy atom. The van der Waals surface area contributed by atoms with E-state index in [2.05, 4.69) is 0 Å². The number of carbonyl (C=O) groups is 2. The summed E-state index contributed by atoms with van der Waals surface area (Å²) >= 11 is 0. The van der Waals surface area contributed by atoms with Gasteiger partial charge in [0.05, 0.1) is 11.3 Å². The second-order valence-electron chi connectivity index (χ2n) is 4.81. The molecule has 20 heavy (non-hydrogen) atoms. The van der Waals surface area contributed by atoms with E-state index in [1.165, 1.54) is 0 Å². The molecule has 1 aliphatic rings. The number of aryl methyl sites for hydroxylation is 1. The quantitative estimate of drug-likeness (QED) is 0.860. The standard InChI is InChI=1S/C17H13NO2/c1-10-6-2-3-7-11(10)14-15(18)17(20)13-9-5-4-8-12(13)16(14)19/h2-9H,18H2,1H3.